The maximum Gasteiger partial charge on any atom is 0.129 e. The molecular formula is C11H12Cl2FN. The molecule has 4 heteroatoms. The molecule has 82 valence electrons. The van der Waals surface area contributed by atoms with Gasteiger partial charge in [-0.25, -0.2) is 4.39 Å². The fourth-order valence-corrected chi connectivity index (χ4v) is 2.08. The molecule has 1 aromatic carbocycles. The van der Waals surface area contributed by atoms with Crippen LogP contribution >= 0.6 is 23.2 Å². The van der Waals surface area contributed by atoms with Crippen molar-refractivity contribution in [2.45, 2.75) is 24.9 Å². The van der Waals surface area contributed by atoms with Gasteiger partial charge in [0.25, 0.3) is 0 Å². The second-order valence-electron chi connectivity index (χ2n) is 3.97. The van der Waals surface area contributed by atoms with Crippen molar-refractivity contribution in [2.24, 2.45) is 0 Å². The molecule has 0 amide bonds. The number of benzene rings is 1. The molecule has 1 nitrogen and oxygen atoms in total. The molecule has 0 heterocycles. The summed E-state index contributed by atoms with van der Waals surface area (Å²) in [6.07, 6.45) is 2.12. The van der Waals surface area contributed by atoms with Gasteiger partial charge in [-0.2, -0.15) is 0 Å². The topological polar surface area (TPSA) is 12.0 Å². The van der Waals surface area contributed by atoms with E-state index in [-0.39, 0.29) is 11.4 Å². The van der Waals surface area contributed by atoms with Crippen LogP contribution in [0, 0.1) is 5.82 Å². The van der Waals surface area contributed by atoms with Crippen LogP contribution < -0.4 is 5.32 Å². The second kappa shape index (κ2) is 4.28. The first-order chi connectivity index (χ1) is 7.17. The molecule has 0 saturated heterocycles. The van der Waals surface area contributed by atoms with Crippen molar-refractivity contribution in [2.75, 3.05) is 5.88 Å². The van der Waals surface area contributed by atoms with Crippen LogP contribution in [0.1, 0.15) is 18.4 Å². The summed E-state index contributed by atoms with van der Waals surface area (Å²) in [6, 6.07) is 4.72. The normalized spacial score (nSPS) is 17.8. The van der Waals surface area contributed by atoms with Gasteiger partial charge >= 0.3 is 0 Å². The van der Waals surface area contributed by atoms with Crippen LogP contribution in [0.25, 0.3) is 0 Å². The zero-order valence-electron chi connectivity index (χ0n) is 8.19. The summed E-state index contributed by atoms with van der Waals surface area (Å²) in [5, 5.41) is 3.73. The maximum absolute atomic E-state index is 13.4. The molecule has 1 saturated carbocycles. The molecule has 0 aromatic heterocycles. The van der Waals surface area contributed by atoms with Crippen molar-refractivity contribution in [3.63, 3.8) is 0 Å². The van der Waals surface area contributed by atoms with Crippen LogP contribution in [0.4, 0.5) is 4.39 Å². The number of alkyl halides is 1. The number of halogens is 3. The van der Waals surface area contributed by atoms with Gasteiger partial charge in [-0.15, -0.1) is 11.6 Å². The van der Waals surface area contributed by atoms with Crippen molar-refractivity contribution in [1.82, 2.24) is 5.32 Å². The lowest BCUT2D eigenvalue weighted by Crippen LogP contribution is -2.32. The lowest BCUT2D eigenvalue weighted by molar-refractivity contribution is 0.522. The van der Waals surface area contributed by atoms with Gasteiger partial charge in [0.1, 0.15) is 5.82 Å². The molecule has 2 rings (SSSR count). The first kappa shape index (κ1) is 11.2. The maximum atomic E-state index is 13.4. The molecule has 0 bridgehead atoms. The van der Waals surface area contributed by atoms with Gasteiger partial charge in [-0.3, -0.25) is 0 Å². The van der Waals surface area contributed by atoms with E-state index >= 15 is 0 Å². The van der Waals surface area contributed by atoms with E-state index in [0.717, 1.165) is 12.8 Å². The Morgan fingerprint density at radius 3 is 2.67 bits per heavy atom. The molecule has 0 unspecified atom stereocenters. The van der Waals surface area contributed by atoms with Gasteiger partial charge in [0, 0.05) is 28.5 Å². The molecule has 1 fully saturated rings. The Labute approximate surface area is 98.6 Å². The van der Waals surface area contributed by atoms with Crippen molar-refractivity contribution < 1.29 is 4.39 Å². The molecule has 1 aliphatic carbocycles. The second-order valence-corrected chi connectivity index (χ2v) is 4.64. The third-order valence-corrected chi connectivity index (χ3v) is 3.68. The molecule has 0 aliphatic heterocycles. The number of nitrogens with one attached hydrogen (secondary N) is 1. The van der Waals surface area contributed by atoms with E-state index < -0.39 is 0 Å². The molecule has 0 radical (unpaired) electrons. The Hall–Kier alpha value is -0.310. The minimum Gasteiger partial charge on any atom is -0.306 e. The highest BCUT2D eigenvalue weighted by Gasteiger charge is 2.41. The predicted molar refractivity (Wildman–Crippen MR) is 60.9 cm³/mol. The fourth-order valence-electron chi connectivity index (χ4n) is 1.49. The molecule has 0 atom stereocenters. The van der Waals surface area contributed by atoms with E-state index in [1.165, 1.54) is 6.07 Å². The Morgan fingerprint density at radius 1 is 1.40 bits per heavy atom. The predicted octanol–water partition coefficient (Wildman–Crippen LogP) is 3.34. The van der Waals surface area contributed by atoms with Crippen LogP contribution in [0.15, 0.2) is 18.2 Å². The van der Waals surface area contributed by atoms with Crippen LogP contribution in [-0.2, 0) is 6.54 Å². The lowest BCUT2D eigenvalue weighted by atomic mass is 10.2. The number of rotatable bonds is 4. The summed E-state index contributed by atoms with van der Waals surface area (Å²) in [6.45, 7) is 0.443. The van der Waals surface area contributed by atoms with Crippen molar-refractivity contribution >= 4 is 23.2 Å². The number of hydrogen-bond donors (Lipinski definition) is 1. The molecule has 1 N–H and O–H groups in total. The standard InChI is InChI=1S/C11H12Cl2FN/c12-7-11(4-5-11)15-6-8-9(13)2-1-3-10(8)14/h1-3,15H,4-7H2. The summed E-state index contributed by atoms with van der Waals surface area (Å²) in [5.74, 6) is 0.305. The average molecular weight is 248 g/mol. The highest BCUT2D eigenvalue weighted by atomic mass is 35.5. The SMILES string of the molecule is Fc1cccc(Cl)c1CNC1(CCl)CC1. The monoisotopic (exact) mass is 247 g/mol. The Balaban J connectivity index is 2.05. The third kappa shape index (κ3) is 2.44. The third-order valence-electron chi connectivity index (χ3n) is 2.81. The van der Waals surface area contributed by atoms with E-state index in [1.54, 1.807) is 12.1 Å². The molecule has 15 heavy (non-hydrogen) atoms. The highest BCUT2D eigenvalue weighted by molar-refractivity contribution is 6.31. The molecule has 0 spiro atoms. The quantitative estimate of drug-likeness (QED) is 0.806. The van der Waals surface area contributed by atoms with E-state index in [0.29, 0.717) is 23.0 Å². The average Bonchev–Trinajstić information content (AvgIpc) is 2.98. The van der Waals surface area contributed by atoms with E-state index in [4.69, 9.17) is 23.2 Å². The molecular weight excluding hydrogens is 236 g/mol. The summed E-state index contributed by atoms with van der Waals surface area (Å²) in [5.41, 5.74) is 0.545. The van der Waals surface area contributed by atoms with Gasteiger partial charge in [0.15, 0.2) is 0 Å². The van der Waals surface area contributed by atoms with Crippen LogP contribution in [0.2, 0.25) is 5.02 Å². The van der Waals surface area contributed by atoms with E-state index in [1.807, 2.05) is 0 Å². The number of hydrogen-bond acceptors (Lipinski definition) is 1. The molecule has 1 aliphatic rings. The largest absolute Gasteiger partial charge is 0.306 e. The minimum absolute atomic E-state index is 0.0210. The lowest BCUT2D eigenvalue weighted by Gasteiger charge is -2.14. The van der Waals surface area contributed by atoms with E-state index in [2.05, 4.69) is 5.32 Å². The van der Waals surface area contributed by atoms with Gasteiger partial charge in [0.05, 0.1) is 0 Å². The smallest absolute Gasteiger partial charge is 0.129 e. The first-order valence-corrected chi connectivity index (χ1v) is 5.82. The Kier molecular flexibility index (Phi) is 3.19. The van der Waals surface area contributed by atoms with E-state index in [9.17, 15) is 4.39 Å². The first-order valence-electron chi connectivity index (χ1n) is 4.91. The van der Waals surface area contributed by atoms with Gasteiger partial charge in [-0.1, -0.05) is 17.7 Å². The zero-order chi connectivity index (χ0) is 10.9. The van der Waals surface area contributed by atoms with Crippen molar-refractivity contribution in [3.8, 4) is 0 Å². The van der Waals surface area contributed by atoms with Crippen LogP contribution in [0.3, 0.4) is 0 Å². The van der Waals surface area contributed by atoms with Crippen molar-refractivity contribution in [3.05, 3.63) is 34.6 Å². The van der Waals surface area contributed by atoms with Crippen LogP contribution in [0.5, 0.6) is 0 Å². The van der Waals surface area contributed by atoms with Crippen LogP contribution in [-0.4, -0.2) is 11.4 Å². The Morgan fingerprint density at radius 2 is 2.13 bits per heavy atom. The summed E-state index contributed by atoms with van der Waals surface area (Å²) in [4.78, 5) is 0. The highest BCUT2D eigenvalue weighted by Crippen LogP contribution is 2.37. The Bertz CT molecular complexity index is 343. The van der Waals surface area contributed by atoms with Crippen molar-refractivity contribution in [1.29, 1.82) is 0 Å². The zero-order valence-corrected chi connectivity index (χ0v) is 9.71. The summed E-state index contributed by atoms with van der Waals surface area (Å²) in [7, 11) is 0. The summed E-state index contributed by atoms with van der Waals surface area (Å²) >= 11 is 11.7. The minimum atomic E-state index is -0.264. The van der Waals surface area contributed by atoms with Gasteiger partial charge < -0.3 is 5.32 Å². The summed E-state index contributed by atoms with van der Waals surface area (Å²) < 4.78 is 13.4. The van der Waals surface area contributed by atoms with Gasteiger partial charge in [-0.05, 0) is 25.0 Å². The molecule has 1 aromatic rings. The van der Waals surface area contributed by atoms with Gasteiger partial charge in [0.2, 0.25) is 0 Å². The fraction of sp³-hybridized carbons (Fsp3) is 0.455.